The third-order valence-corrected chi connectivity index (χ3v) is 5.13. The lowest BCUT2D eigenvalue weighted by Gasteiger charge is -2.34. The van der Waals surface area contributed by atoms with E-state index in [0.29, 0.717) is 31.2 Å². The number of anilines is 1. The molecule has 7 nitrogen and oxygen atoms in total. The van der Waals surface area contributed by atoms with Crippen molar-refractivity contribution in [3.05, 3.63) is 29.8 Å². The van der Waals surface area contributed by atoms with Crippen LogP contribution in [0.1, 0.15) is 45.1 Å². The molecule has 1 aromatic rings. The minimum atomic E-state index is 0.0422. The first-order chi connectivity index (χ1) is 13.9. The van der Waals surface area contributed by atoms with Crippen molar-refractivity contribution in [3.63, 3.8) is 0 Å². The van der Waals surface area contributed by atoms with Crippen LogP contribution in [-0.4, -0.2) is 49.9 Å². The first kappa shape index (κ1) is 22.7. The van der Waals surface area contributed by atoms with Crippen molar-refractivity contribution in [3.8, 4) is 0 Å². The molecule has 0 atom stereocenters. The fourth-order valence-electron chi connectivity index (χ4n) is 3.57. The second-order valence-corrected chi connectivity index (χ2v) is 8.06. The Hall–Kier alpha value is -2.57. The molecule has 0 aromatic heterocycles. The van der Waals surface area contributed by atoms with E-state index in [1.165, 1.54) is 0 Å². The summed E-state index contributed by atoms with van der Waals surface area (Å²) in [6, 6.07) is 7.89. The molecule has 160 valence electrons. The average Bonchev–Trinajstić information content (AvgIpc) is 2.69. The Bertz CT molecular complexity index is 709. The maximum atomic E-state index is 12.0. The van der Waals surface area contributed by atoms with E-state index >= 15 is 0 Å². The van der Waals surface area contributed by atoms with Gasteiger partial charge < -0.3 is 20.9 Å². The molecule has 0 spiro atoms. The van der Waals surface area contributed by atoms with Gasteiger partial charge in [0.2, 0.25) is 11.8 Å². The zero-order valence-corrected chi connectivity index (χ0v) is 18.1. The summed E-state index contributed by atoms with van der Waals surface area (Å²) in [4.78, 5) is 30.2. The van der Waals surface area contributed by atoms with Crippen molar-refractivity contribution >= 4 is 23.5 Å². The monoisotopic (exact) mass is 401 g/mol. The van der Waals surface area contributed by atoms with E-state index in [9.17, 15) is 9.59 Å². The fraction of sp³-hybridized carbons (Fsp3) is 0.591. The summed E-state index contributed by atoms with van der Waals surface area (Å²) in [7, 11) is 3.48. The molecule has 1 saturated heterocycles. The molecule has 0 saturated carbocycles. The quantitative estimate of drug-likeness (QED) is 0.484. The van der Waals surface area contributed by atoms with Crippen molar-refractivity contribution in [2.75, 3.05) is 32.5 Å². The predicted molar refractivity (Wildman–Crippen MR) is 118 cm³/mol. The molecule has 1 aliphatic heterocycles. The summed E-state index contributed by atoms with van der Waals surface area (Å²) in [5.74, 6) is 1.81. The van der Waals surface area contributed by atoms with Crippen LogP contribution in [-0.2, 0) is 16.1 Å². The lowest BCUT2D eigenvalue weighted by atomic mass is 9.93. The van der Waals surface area contributed by atoms with E-state index < -0.39 is 0 Å². The molecule has 0 aliphatic carbocycles. The highest BCUT2D eigenvalue weighted by Gasteiger charge is 2.23. The van der Waals surface area contributed by atoms with Crippen LogP contribution in [0, 0.1) is 11.8 Å². The van der Waals surface area contributed by atoms with Crippen LogP contribution >= 0.6 is 0 Å². The molecule has 29 heavy (non-hydrogen) atoms. The van der Waals surface area contributed by atoms with Crippen LogP contribution in [0.25, 0.3) is 0 Å². The number of carbonyl (C=O) groups excluding carboxylic acids is 2. The number of aliphatic imine (C=N–C) groups is 1. The molecule has 0 radical (unpaired) electrons. The molecule has 0 bridgehead atoms. The van der Waals surface area contributed by atoms with Gasteiger partial charge in [0, 0.05) is 52.3 Å². The van der Waals surface area contributed by atoms with Crippen molar-refractivity contribution < 1.29 is 9.59 Å². The average molecular weight is 402 g/mol. The second-order valence-electron chi connectivity index (χ2n) is 8.06. The Balaban J connectivity index is 1.84. The summed E-state index contributed by atoms with van der Waals surface area (Å²) in [6.07, 6.45) is 3.10. The summed E-state index contributed by atoms with van der Waals surface area (Å²) in [6.45, 7) is 6.50. The number of hydrogen-bond donors (Lipinski definition) is 3. The molecule has 2 rings (SSSR count). The van der Waals surface area contributed by atoms with Gasteiger partial charge in [0.15, 0.2) is 5.96 Å². The van der Waals surface area contributed by atoms with E-state index in [0.717, 1.165) is 43.1 Å². The van der Waals surface area contributed by atoms with Gasteiger partial charge in [-0.15, -0.1) is 0 Å². The number of piperidine rings is 1. The number of hydrogen-bond acceptors (Lipinski definition) is 3. The maximum Gasteiger partial charge on any atom is 0.224 e. The SMILES string of the molecule is CN=C(NCc1cccc(NC(=O)CC(C)C)c1)N1CCC(CC(=O)NC)CC1. The van der Waals surface area contributed by atoms with Gasteiger partial charge in [-0.2, -0.15) is 0 Å². The Morgan fingerprint density at radius 1 is 1.21 bits per heavy atom. The molecule has 0 unspecified atom stereocenters. The first-order valence-corrected chi connectivity index (χ1v) is 10.5. The van der Waals surface area contributed by atoms with Crippen molar-refractivity contribution in [1.29, 1.82) is 0 Å². The number of carbonyl (C=O) groups is 2. The van der Waals surface area contributed by atoms with Gasteiger partial charge in [-0.05, 0) is 42.4 Å². The van der Waals surface area contributed by atoms with Gasteiger partial charge in [0.05, 0.1) is 0 Å². The van der Waals surface area contributed by atoms with Crippen LogP contribution in [0.5, 0.6) is 0 Å². The van der Waals surface area contributed by atoms with E-state index in [4.69, 9.17) is 0 Å². The van der Waals surface area contributed by atoms with Gasteiger partial charge in [-0.3, -0.25) is 14.6 Å². The third-order valence-electron chi connectivity index (χ3n) is 5.13. The molecule has 1 aliphatic rings. The molecule has 1 fully saturated rings. The molecular formula is C22H35N5O2. The van der Waals surface area contributed by atoms with Gasteiger partial charge in [-0.1, -0.05) is 26.0 Å². The van der Waals surface area contributed by atoms with Crippen molar-refractivity contribution in [2.45, 2.75) is 46.1 Å². The first-order valence-electron chi connectivity index (χ1n) is 10.5. The van der Waals surface area contributed by atoms with E-state index in [-0.39, 0.29) is 11.8 Å². The number of likely N-dealkylation sites (tertiary alicyclic amines) is 1. The maximum absolute atomic E-state index is 12.0. The smallest absolute Gasteiger partial charge is 0.224 e. The van der Waals surface area contributed by atoms with E-state index in [1.54, 1.807) is 14.1 Å². The Kier molecular flexibility index (Phi) is 8.96. The fourth-order valence-corrected chi connectivity index (χ4v) is 3.57. The highest BCUT2D eigenvalue weighted by Crippen LogP contribution is 2.20. The van der Waals surface area contributed by atoms with Crippen LogP contribution in [0.15, 0.2) is 29.3 Å². The summed E-state index contributed by atoms with van der Waals surface area (Å²) in [5, 5.41) is 9.09. The number of guanidine groups is 1. The number of amides is 2. The van der Waals surface area contributed by atoms with Crippen LogP contribution in [0.3, 0.4) is 0 Å². The lowest BCUT2D eigenvalue weighted by Crippen LogP contribution is -2.45. The largest absolute Gasteiger partial charge is 0.359 e. The highest BCUT2D eigenvalue weighted by atomic mass is 16.2. The number of rotatable bonds is 7. The minimum Gasteiger partial charge on any atom is -0.359 e. The third kappa shape index (κ3) is 7.75. The zero-order valence-electron chi connectivity index (χ0n) is 18.1. The van der Waals surface area contributed by atoms with Crippen LogP contribution in [0.2, 0.25) is 0 Å². The lowest BCUT2D eigenvalue weighted by molar-refractivity contribution is -0.121. The molecule has 7 heteroatoms. The molecule has 3 N–H and O–H groups in total. The van der Waals surface area contributed by atoms with Gasteiger partial charge >= 0.3 is 0 Å². The summed E-state index contributed by atoms with van der Waals surface area (Å²) in [5.41, 5.74) is 1.91. The summed E-state index contributed by atoms with van der Waals surface area (Å²) >= 11 is 0. The Morgan fingerprint density at radius 3 is 2.55 bits per heavy atom. The number of nitrogens with zero attached hydrogens (tertiary/aromatic N) is 2. The predicted octanol–water partition coefficient (Wildman–Crippen LogP) is 2.59. The molecular weight excluding hydrogens is 366 g/mol. The van der Waals surface area contributed by atoms with Crippen molar-refractivity contribution in [2.24, 2.45) is 16.8 Å². The number of nitrogens with one attached hydrogen (secondary N) is 3. The minimum absolute atomic E-state index is 0.0422. The molecule has 2 amide bonds. The normalized spacial score (nSPS) is 15.3. The van der Waals surface area contributed by atoms with Gasteiger partial charge in [-0.25, -0.2) is 0 Å². The van der Waals surface area contributed by atoms with Crippen LogP contribution in [0.4, 0.5) is 5.69 Å². The van der Waals surface area contributed by atoms with E-state index in [1.807, 2.05) is 38.1 Å². The van der Waals surface area contributed by atoms with Gasteiger partial charge in [0.1, 0.15) is 0 Å². The second kappa shape index (κ2) is 11.4. The highest BCUT2D eigenvalue weighted by molar-refractivity contribution is 5.90. The standard InChI is InChI=1S/C22H35N5O2/c1-16(2)12-21(29)26-19-7-5-6-18(13-19)15-25-22(24-4)27-10-8-17(9-11-27)14-20(28)23-3/h5-7,13,16-17H,8-12,14-15H2,1-4H3,(H,23,28)(H,24,25)(H,26,29). The summed E-state index contributed by atoms with van der Waals surface area (Å²) < 4.78 is 0. The van der Waals surface area contributed by atoms with Crippen LogP contribution < -0.4 is 16.0 Å². The topological polar surface area (TPSA) is 85.8 Å². The van der Waals surface area contributed by atoms with Crippen molar-refractivity contribution in [1.82, 2.24) is 15.5 Å². The molecule has 1 aromatic carbocycles. The van der Waals surface area contributed by atoms with Gasteiger partial charge in [0.25, 0.3) is 0 Å². The Morgan fingerprint density at radius 2 is 1.93 bits per heavy atom. The Labute approximate surface area is 174 Å². The number of benzene rings is 1. The van der Waals surface area contributed by atoms with E-state index in [2.05, 4.69) is 25.8 Å². The molecule has 1 heterocycles. The zero-order chi connectivity index (χ0) is 21.2.